The first-order valence-corrected chi connectivity index (χ1v) is 5.01. The first-order chi connectivity index (χ1) is 5.25. The third-order valence-corrected chi connectivity index (χ3v) is 3.58. The standard InChI is InChI=1S/C10H19N/c1-9(2)11-8-7-10(11)5-3-4-6-10/h9H,3-8H2,1-2H3. The van der Waals surface area contributed by atoms with Gasteiger partial charge in [0, 0.05) is 18.1 Å². The van der Waals surface area contributed by atoms with Crippen molar-refractivity contribution in [1.29, 1.82) is 0 Å². The molecule has 0 bridgehead atoms. The maximum absolute atomic E-state index is 2.71. The third kappa shape index (κ3) is 1.01. The maximum atomic E-state index is 2.71. The molecule has 11 heavy (non-hydrogen) atoms. The van der Waals surface area contributed by atoms with Crippen LogP contribution in [-0.2, 0) is 0 Å². The van der Waals surface area contributed by atoms with E-state index in [9.17, 15) is 0 Å². The smallest absolute Gasteiger partial charge is 0.0224 e. The van der Waals surface area contributed by atoms with E-state index in [1.807, 2.05) is 0 Å². The van der Waals surface area contributed by atoms with Crippen LogP contribution in [0.1, 0.15) is 46.0 Å². The van der Waals surface area contributed by atoms with Crippen molar-refractivity contribution >= 4 is 0 Å². The molecule has 2 rings (SSSR count). The van der Waals surface area contributed by atoms with Crippen molar-refractivity contribution in [2.45, 2.75) is 57.5 Å². The van der Waals surface area contributed by atoms with E-state index in [2.05, 4.69) is 18.7 Å². The fourth-order valence-electron chi connectivity index (χ4n) is 2.93. The average molecular weight is 153 g/mol. The molecule has 1 aliphatic carbocycles. The predicted octanol–water partition coefficient (Wildman–Crippen LogP) is 2.41. The second kappa shape index (κ2) is 2.48. The van der Waals surface area contributed by atoms with Crippen LogP contribution >= 0.6 is 0 Å². The maximum Gasteiger partial charge on any atom is 0.0224 e. The van der Waals surface area contributed by atoms with Gasteiger partial charge < -0.3 is 0 Å². The molecule has 1 heteroatoms. The minimum Gasteiger partial charge on any atom is -0.295 e. The third-order valence-electron chi connectivity index (χ3n) is 3.58. The van der Waals surface area contributed by atoms with Gasteiger partial charge in [-0.2, -0.15) is 0 Å². The monoisotopic (exact) mass is 153 g/mol. The molecule has 0 atom stereocenters. The lowest BCUT2D eigenvalue weighted by atomic mass is 9.82. The molecule has 1 saturated carbocycles. The molecule has 0 unspecified atom stereocenters. The summed E-state index contributed by atoms with van der Waals surface area (Å²) in [4.78, 5) is 2.71. The highest BCUT2D eigenvalue weighted by Crippen LogP contribution is 2.45. The number of nitrogens with zero attached hydrogens (tertiary/aromatic N) is 1. The van der Waals surface area contributed by atoms with Gasteiger partial charge in [-0.3, -0.25) is 4.90 Å². The van der Waals surface area contributed by atoms with Gasteiger partial charge in [-0.25, -0.2) is 0 Å². The first-order valence-electron chi connectivity index (χ1n) is 5.01. The summed E-state index contributed by atoms with van der Waals surface area (Å²) in [6, 6.07) is 0.779. The Morgan fingerprint density at radius 1 is 1.09 bits per heavy atom. The van der Waals surface area contributed by atoms with Crippen LogP contribution in [0.15, 0.2) is 0 Å². The van der Waals surface area contributed by atoms with Gasteiger partial charge >= 0.3 is 0 Å². The second-order valence-electron chi connectivity index (χ2n) is 4.47. The zero-order valence-electron chi connectivity index (χ0n) is 7.77. The molecular formula is C10H19N. The highest BCUT2D eigenvalue weighted by Gasteiger charge is 2.46. The van der Waals surface area contributed by atoms with E-state index in [0.717, 1.165) is 6.04 Å². The number of rotatable bonds is 1. The van der Waals surface area contributed by atoms with Crippen LogP contribution in [0.3, 0.4) is 0 Å². The Morgan fingerprint density at radius 3 is 2.09 bits per heavy atom. The first kappa shape index (κ1) is 7.60. The number of hydrogen-bond acceptors (Lipinski definition) is 1. The fourth-order valence-corrected chi connectivity index (χ4v) is 2.93. The Hall–Kier alpha value is -0.0400. The van der Waals surface area contributed by atoms with Gasteiger partial charge in [0.2, 0.25) is 0 Å². The van der Waals surface area contributed by atoms with Crippen LogP contribution in [-0.4, -0.2) is 23.0 Å². The number of hydrogen-bond donors (Lipinski definition) is 0. The van der Waals surface area contributed by atoms with Gasteiger partial charge in [0.1, 0.15) is 0 Å². The molecule has 1 spiro atoms. The largest absolute Gasteiger partial charge is 0.295 e. The summed E-state index contributed by atoms with van der Waals surface area (Å²) in [6.07, 6.45) is 7.38. The Balaban J connectivity index is 2.03. The quantitative estimate of drug-likeness (QED) is 0.559. The van der Waals surface area contributed by atoms with Crippen molar-refractivity contribution in [2.75, 3.05) is 6.54 Å². The lowest BCUT2D eigenvalue weighted by Crippen LogP contribution is -2.60. The summed E-state index contributed by atoms with van der Waals surface area (Å²) < 4.78 is 0. The van der Waals surface area contributed by atoms with Gasteiger partial charge in [-0.1, -0.05) is 12.8 Å². The van der Waals surface area contributed by atoms with Gasteiger partial charge in [0.25, 0.3) is 0 Å². The van der Waals surface area contributed by atoms with Crippen LogP contribution in [0, 0.1) is 0 Å². The summed E-state index contributed by atoms with van der Waals surface area (Å²) in [7, 11) is 0. The van der Waals surface area contributed by atoms with Crippen molar-refractivity contribution in [3.8, 4) is 0 Å². The SMILES string of the molecule is CC(C)N1CCC12CCCC2. The zero-order valence-corrected chi connectivity index (χ0v) is 7.77. The van der Waals surface area contributed by atoms with Gasteiger partial charge in [0.15, 0.2) is 0 Å². The molecule has 0 amide bonds. The molecule has 0 aromatic rings. The van der Waals surface area contributed by atoms with Crippen LogP contribution in [0.25, 0.3) is 0 Å². The summed E-state index contributed by atoms with van der Waals surface area (Å²) >= 11 is 0. The van der Waals surface area contributed by atoms with Gasteiger partial charge in [-0.05, 0) is 33.1 Å². The highest BCUT2D eigenvalue weighted by atomic mass is 15.3. The van der Waals surface area contributed by atoms with E-state index >= 15 is 0 Å². The number of likely N-dealkylation sites (tertiary alicyclic amines) is 1. The van der Waals surface area contributed by atoms with Crippen molar-refractivity contribution in [1.82, 2.24) is 4.90 Å². The molecule has 0 radical (unpaired) electrons. The lowest BCUT2D eigenvalue weighted by molar-refractivity contribution is -0.0349. The normalized spacial score (nSPS) is 29.7. The van der Waals surface area contributed by atoms with Crippen LogP contribution in [0.2, 0.25) is 0 Å². The Labute approximate surface area is 69.8 Å². The van der Waals surface area contributed by atoms with Crippen molar-refractivity contribution in [3.05, 3.63) is 0 Å². The molecule has 1 heterocycles. The van der Waals surface area contributed by atoms with E-state index in [1.54, 1.807) is 0 Å². The average Bonchev–Trinajstić information content (AvgIpc) is 2.31. The lowest BCUT2D eigenvalue weighted by Gasteiger charge is -2.53. The van der Waals surface area contributed by atoms with Crippen LogP contribution < -0.4 is 0 Å². The molecular weight excluding hydrogens is 134 g/mol. The van der Waals surface area contributed by atoms with Crippen molar-refractivity contribution in [3.63, 3.8) is 0 Å². The van der Waals surface area contributed by atoms with E-state index in [0.29, 0.717) is 5.54 Å². The Kier molecular flexibility index (Phi) is 1.71. The van der Waals surface area contributed by atoms with Gasteiger partial charge in [-0.15, -0.1) is 0 Å². The van der Waals surface area contributed by atoms with E-state index < -0.39 is 0 Å². The molecule has 64 valence electrons. The minimum absolute atomic E-state index is 0.689. The topological polar surface area (TPSA) is 3.24 Å². The predicted molar refractivity (Wildman–Crippen MR) is 47.7 cm³/mol. The van der Waals surface area contributed by atoms with Crippen molar-refractivity contribution in [2.24, 2.45) is 0 Å². The van der Waals surface area contributed by atoms with Crippen molar-refractivity contribution < 1.29 is 0 Å². The van der Waals surface area contributed by atoms with Crippen LogP contribution in [0.4, 0.5) is 0 Å². The Bertz CT molecular complexity index is 145. The molecule has 0 aromatic heterocycles. The molecule has 1 aliphatic heterocycles. The van der Waals surface area contributed by atoms with Crippen LogP contribution in [0.5, 0.6) is 0 Å². The molecule has 2 aliphatic rings. The Morgan fingerprint density at radius 2 is 1.73 bits per heavy atom. The summed E-state index contributed by atoms with van der Waals surface area (Å²) in [5.41, 5.74) is 0.689. The van der Waals surface area contributed by atoms with E-state index in [-0.39, 0.29) is 0 Å². The molecule has 0 N–H and O–H groups in total. The molecule has 0 aromatic carbocycles. The second-order valence-corrected chi connectivity index (χ2v) is 4.47. The fraction of sp³-hybridized carbons (Fsp3) is 1.00. The summed E-state index contributed by atoms with van der Waals surface area (Å²) in [5.74, 6) is 0. The van der Waals surface area contributed by atoms with Gasteiger partial charge in [0.05, 0.1) is 0 Å². The molecule has 1 nitrogen and oxygen atoms in total. The molecule has 2 fully saturated rings. The zero-order chi connectivity index (χ0) is 7.90. The summed E-state index contributed by atoms with van der Waals surface area (Å²) in [6.45, 7) is 6.02. The van der Waals surface area contributed by atoms with E-state index in [4.69, 9.17) is 0 Å². The summed E-state index contributed by atoms with van der Waals surface area (Å²) in [5, 5.41) is 0. The minimum atomic E-state index is 0.689. The van der Waals surface area contributed by atoms with E-state index in [1.165, 1.54) is 38.6 Å². The molecule has 1 saturated heterocycles. The highest BCUT2D eigenvalue weighted by molar-refractivity contribution is 5.03.